The van der Waals surface area contributed by atoms with Crippen molar-refractivity contribution in [1.82, 2.24) is 0 Å². The van der Waals surface area contributed by atoms with Gasteiger partial charge in [0, 0.05) is 0 Å². The molecule has 0 aromatic carbocycles. The average molecular weight is 281 g/mol. The van der Waals surface area contributed by atoms with Gasteiger partial charge in [-0.05, 0) is 0 Å². The second-order valence-electron chi connectivity index (χ2n) is 7.23. The Labute approximate surface area is 129 Å². The van der Waals surface area contributed by atoms with Gasteiger partial charge in [-0.1, -0.05) is 0 Å². The molecule has 0 radical (unpaired) electrons. The van der Waals surface area contributed by atoms with Crippen LogP contribution < -0.4 is 0 Å². The molecule has 0 bridgehead atoms. The Balaban J connectivity index is 3.60. The van der Waals surface area contributed by atoms with Gasteiger partial charge >= 0.3 is 130 Å². The molecular weight excluding hydrogens is 243 g/mol. The van der Waals surface area contributed by atoms with E-state index in [9.17, 15) is 0 Å². The molecule has 4 unspecified atom stereocenters. The third kappa shape index (κ3) is 12.0. The van der Waals surface area contributed by atoms with E-state index < -0.39 is 0 Å². The molecule has 0 spiro atoms. The summed E-state index contributed by atoms with van der Waals surface area (Å²) in [4.78, 5) is 0. The molecule has 0 aromatic heterocycles. The van der Waals surface area contributed by atoms with Gasteiger partial charge in [0.2, 0.25) is 0 Å². The average Bonchev–Trinajstić information content (AvgIpc) is 2.28. The first-order valence-corrected chi connectivity index (χ1v) is 10.4. The van der Waals surface area contributed by atoms with Crippen molar-refractivity contribution in [2.24, 2.45) is 23.7 Å². The molecule has 0 fully saturated rings. The molecule has 0 N–H and O–H groups in total. The summed E-state index contributed by atoms with van der Waals surface area (Å²) in [5, 5.41) is 3.06. The Morgan fingerprint density at radius 2 is 1.00 bits per heavy atom. The zero-order chi connectivity index (χ0) is 14.7. The normalized spacial score (nSPS) is 17.6. The predicted octanol–water partition coefficient (Wildman–Crippen LogP) is 6.45. The minimum absolute atomic E-state index is 0.699. The number of hydrogen-bond acceptors (Lipinski definition) is 0. The van der Waals surface area contributed by atoms with E-state index in [1.165, 1.54) is 49.1 Å². The van der Waals surface area contributed by atoms with Crippen molar-refractivity contribution in [2.75, 3.05) is 0 Å². The van der Waals surface area contributed by atoms with Crippen LogP contribution in [0.3, 0.4) is 0 Å². The fourth-order valence-corrected chi connectivity index (χ4v) is 5.17. The number of hydrogen-bond donors (Lipinski definition) is 0. The van der Waals surface area contributed by atoms with E-state index in [2.05, 4.69) is 41.5 Å². The molecule has 0 saturated heterocycles. The molecule has 0 aliphatic carbocycles. The first-order valence-electron chi connectivity index (χ1n) is 8.81. The summed E-state index contributed by atoms with van der Waals surface area (Å²) in [5.41, 5.74) is 0. The van der Waals surface area contributed by atoms with Crippen molar-refractivity contribution in [1.29, 1.82) is 0 Å². The molecule has 4 atom stereocenters. The van der Waals surface area contributed by atoms with Crippen LogP contribution in [0.4, 0.5) is 0 Å². The third-order valence-corrected chi connectivity index (χ3v) is 6.59. The van der Waals surface area contributed by atoms with Crippen molar-refractivity contribution in [3.05, 3.63) is 0 Å². The second kappa shape index (κ2) is 12.3. The summed E-state index contributed by atoms with van der Waals surface area (Å²) in [5.74, 6) is 3.83. The van der Waals surface area contributed by atoms with Gasteiger partial charge in [-0.15, -0.1) is 0 Å². The predicted molar refractivity (Wildman–Crippen MR) is 91.1 cm³/mol. The van der Waals surface area contributed by atoms with Crippen molar-refractivity contribution >= 4 is 15.2 Å². The fraction of sp³-hybridized carbons (Fsp3) is 1.00. The molecule has 0 aromatic rings. The van der Waals surface area contributed by atoms with Crippen LogP contribution in [0.15, 0.2) is 0 Å². The third-order valence-electron chi connectivity index (χ3n) is 4.31. The zero-order valence-corrected chi connectivity index (χ0v) is 15.7. The Bertz CT molecular complexity index is 170. The second-order valence-corrected chi connectivity index (χ2v) is 8.75. The summed E-state index contributed by atoms with van der Waals surface area (Å²) >= 11 is 0.699. The van der Waals surface area contributed by atoms with Crippen LogP contribution in [0.5, 0.6) is 0 Å². The van der Waals surface area contributed by atoms with Crippen LogP contribution in [0.2, 0.25) is 10.6 Å². The van der Waals surface area contributed by atoms with Gasteiger partial charge in [-0.3, -0.25) is 0 Å². The Hall–Kier alpha value is 0.532. The van der Waals surface area contributed by atoms with Gasteiger partial charge in [0.15, 0.2) is 0 Å². The van der Waals surface area contributed by atoms with Crippen LogP contribution in [-0.2, 0) is 0 Å². The van der Waals surface area contributed by atoms with Crippen molar-refractivity contribution in [2.45, 2.75) is 90.6 Å². The van der Waals surface area contributed by atoms with Gasteiger partial charge < -0.3 is 0 Å². The Kier molecular flexibility index (Phi) is 12.6. The maximum atomic E-state index is 2.48. The van der Waals surface area contributed by atoms with Crippen molar-refractivity contribution in [3.63, 3.8) is 0 Å². The number of rotatable bonds is 12. The molecule has 0 amide bonds. The molecular formula is C18H38Al+. The Morgan fingerprint density at radius 1 is 0.632 bits per heavy atom. The standard InChI is InChI=1S/2C9H19.Al/c2*1-5-6-9(4)7-8(2)3;/h2*8-9H,2,5-7H2,1,3-4H3;/q;;+1. The quantitative estimate of drug-likeness (QED) is 0.360. The van der Waals surface area contributed by atoms with E-state index >= 15 is 0 Å². The van der Waals surface area contributed by atoms with Gasteiger partial charge in [0.05, 0.1) is 0 Å². The van der Waals surface area contributed by atoms with Crippen LogP contribution in [0.25, 0.3) is 0 Å². The van der Waals surface area contributed by atoms with Gasteiger partial charge in [-0.2, -0.15) is 0 Å². The summed E-state index contributed by atoms with van der Waals surface area (Å²) < 4.78 is 0. The SMILES string of the molecule is CCCC(C)CC(C)[CH2][Al+][CH2]C(C)CC(C)CCC. The van der Waals surface area contributed by atoms with E-state index in [4.69, 9.17) is 0 Å². The van der Waals surface area contributed by atoms with E-state index in [-0.39, 0.29) is 0 Å². The molecule has 0 rings (SSSR count). The van der Waals surface area contributed by atoms with Gasteiger partial charge in [0.25, 0.3) is 0 Å². The molecule has 112 valence electrons. The molecule has 0 saturated carbocycles. The van der Waals surface area contributed by atoms with Gasteiger partial charge in [0.1, 0.15) is 0 Å². The summed E-state index contributed by atoms with van der Waals surface area (Å²) in [6, 6.07) is 0. The van der Waals surface area contributed by atoms with Gasteiger partial charge in [-0.25, -0.2) is 0 Å². The van der Waals surface area contributed by atoms with E-state index in [1.807, 2.05) is 0 Å². The first kappa shape index (κ1) is 19.5. The zero-order valence-electron chi connectivity index (χ0n) is 14.5. The molecule has 0 nitrogen and oxygen atoms in total. The van der Waals surface area contributed by atoms with Crippen LogP contribution in [0.1, 0.15) is 80.1 Å². The van der Waals surface area contributed by atoms with Crippen LogP contribution >= 0.6 is 0 Å². The summed E-state index contributed by atoms with van der Waals surface area (Å²) in [6.07, 6.45) is 8.47. The first-order chi connectivity index (χ1) is 8.99. The van der Waals surface area contributed by atoms with Crippen LogP contribution in [0, 0.1) is 23.7 Å². The molecule has 0 aliphatic rings. The topological polar surface area (TPSA) is 0 Å². The molecule has 19 heavy (non-hydrogen) atoms. The Morgan fingerprint density at radius 3 is 1.32 bits per heavy atom. The monoisotopic (exact) mass is 281 g/mol. The fourth-order valence-electron chi connectivity index (χ4n) is 3.45. The minimum atomic E-state index is 0.699. The van der Waals surface area contributed by atoms with E-state index in [1.54, 1.807) is 0 Å². The molecule has 1 heteroatoms. The van der Waals surface area contributed by atoms with E-state index in [0.29, 0.717) is 15.2 Å². The molecule has 0 aliphatic heterocycles. The van der Waals surface area contributed by atoms with Crippen molar-refractivity contribution in [3.8, 4) is 0 Å². The van der Waals surface area contributed by atoms with Crippen molar-refractivity contribution < 1.29 is 0 Å². The molecule has 0 heterocycles. The maximum absolute atomic E-state index is 2.48. The summed E-state index contributed by atoms with van der Waals surface area (Å²) in [7, 11) is 0. The summed E-state index contributed by atoms with van der Waals surface area (Å²) in [6.45, 7) is 14.4. The van der Waals surface area contributed by atoms with Crippen LogP contribution in [-0.4, -0.2) is 15.2 Å². The van der Waals surface area contributed by atoms with E-state index in [0.717, 1.165) is 23.7 Å².